The number of nitrogens with zero attached hydrogens (tertiary/aromatic N) is 5. The van der Waals surface area contributed by atoms with E-state index in [2.05, 4.69) is 21.4 Å². The Morgan fingerprint density at radius 2 is 2.06 bits per heavy atom. The van der Waals surface area contributed by atoms with Crippen molar-refractivity contribution in [2.75, 3.05) is 25.0 Å². The summed E-state index contributed by atoms with van der Waals surface area (Å²) in [7, 11) is 3.61. The first-order valence-electron chi connectivity index (χ1n) is 10.3. The minimum atomic E-state index is -0.0190. The number of carbonyl (C=O) groups is 2. The highest BCUT2D eigenvalue weighted by atomic mass is 16.5. The number of aryl methyl sites for hydroxylation is 2. The first-order valence-corrected chi connectivity index (χ1v) is 10.3. The highest BCUT2D eigenvalue weighted by Crippen LogP contribution is 2.32. The van der Waals surface area contributed by atoms with E-state index in [0.29, 0.717) is 31.7 Å². The van der Waals surface area contributed by atoms with Gasteiger partial charge in [0.15, 0.2) is 0 Å². The van der Waals surface area contributed by atoms with E-state index in [9.17, 15) is 9.59 Å². The summed E-state index contributed by atoms with van der Waals surface area (Å²) in [5, 5.41) is 11.3. The van der Waals surface area contributed by atoms with Gasteiger partial charge in [0, 0.05) is 56.6 Å². The molecule has 3 aromatic rings. The second-order valence-electron chi connectivity index (χ2n) is 8.11. The molecule has 1 aromatic carbocycles. The maximum atomic E-state index is 12.4. The Balaban J connectivity index is 1.21. The third-order valence-corrected chi connectivity index (χ3v) is 5.99. The summed E-state index contributed by atoms with van der Waals surface area (Å²) in [4.78, 5) is 27.8. The number of ether oxygens (including phenoxy) is 1. The SMILES string of the molecule is CN1C(=O)CCc2cc(-c3[nH]ncc3COC3CN(C(=O)c4cnn(C)c4)C3)ccc21. The molecule has 1 N–H and O–H groups in total. The van der Waals surface area contributed by atoms with E-state index in [-0.39, 0.29) is 17.9 Å². The first-order chi connectivity index (χ1) is 15.0. The molecule has 0 atom stereocenters. The fraction of sp³-hybridized carbons (Fsp3) is 0.364. The number of anilines is 1. The minimum absolute atomic E-state index is 0.00608. The molecule has 1 fully saturated rings. The molecular formula is C22H24N6O3. The van der Waals surface area contributed by atoms with Gasteiger partial charge in [-0.3, -0.25) is 19.4 Å². The predicted octanol–water partition coefficient (Wildman–Crippen LogP) is 1.76. The molecule has 160 valence electrons. The van der Waals surface area contributed by atoms with Crippen molar-refractivity contribution >= 4 is 17.5 Å². The lowest BCUT2D eigenvalue weighted by atomic mass is 9.97. The van der Waals surface area contributed by atoms with Crippen LogP contribution in [0.4, 0.5) is 5.69 Å². The van der Waals surface area contributed by atoms with E-state index < -0.39 is 0 Å². The number of H-pyrrole nitrogens is 1. The fourth-order valence-electron chi connectivity index (χ4n) is 4.11. The molecule has 0 bridgehead atoms. The lowest BCUT2D eigenvalue weighted by molar-refractivity contribution is -0.118. The van der Waals surface area contributed by atoms with Crippen LogP contribution in [0.1, 0.15) is 27.9 Å². The molecule has 31 heavy (non-hydrogen) atoms. The van der Waals surface area contributed by atoms with Crippen molar-refractivity contribution in [1.29, 1.82) is 0 Å². The topological polar surface area (TPSA) is 96.3 Å². The molecule has 0 saturated carbocycles. The van der Waals surface area contributed by atoms with Crippen LogP contribution < -0.4 is 4.90 Å². The molecule has 9 heteroatoms. The van der Waals surface area contributed by atoms with Crippen LogP contribution >= 0.6 is 0 Å². The van der Waals surface area contributed by atoms with Crippen molar-refractivity contribution in [2.45, 2.75) is 25.6 Å². The van der Waals surface area contributed by atoms with Gasteiger partial charge in [0.05, 0.1) is 36.4 Å². The summed E-state index contributed by atoms with van der Waals surface area (Å²) in [5.74, 6) is 0.127. The lowest BCUT2D eigenvalue weighted by Crippen LogP contribution is -2.54. The summed E-state index contributed by atoms with van der Waals surface area (Å²) in [6, 6.07) is 6.11. The number of amides is 2. The number of benzene rings is 1. The summed E-state index contributed by atoms with van der Waals surface area (Å²) in [6.07, 6.45) is 6.37. The Bertz CT molecular complexity index is 1140. The van der Waals surface area contributed by atoms with E-state index in [0.717, 1.165) is 34.5 Å². The van der Waals surface area contributed by atoms with E-state index in [4.69, 9.17) is 4.74 Å². The lowest BCUT2D eigenvalue weighted by Gasteiger charge is -2.38. The molecule has 0 spiro atoms. The summed E-state index contributed by atoms with van der Waals surface area (Å²) >= 11 is 0. The van der Waals surface area contributed by atoms with Gasteiger partial charge >= 0.3 is 0 Å². The van der Waals surface area contributed by atoms with E-state index in [1.54, 1.807) is 40.1 Å². The van der Waals surface area contributed by atoms with Crippen LogP contribution in [0.25, 0.3) is 11.3 Å². The summed E-state index contributed by atoms with van der Waals surface area (Å²) in [6.45, 7) is 1.56. The van der Waals surface area contributed by atoms with Gasteiger partial charge in [-0.15, -0.1) is 0 Å². The molecule has 5 rings (SSSR count). The Morgan fingerprint density at radius 3 is 2.84 bits per heavy atom. The molecular weight excluding hydrogens is 396 g/mol. The Hall–Kier alpha value is -3.46. The van der Waals surface area contributed by atoms with E-state index in [1.165, 1.54) is 0 Å². The number of nitrogens with one attached hydrogen (secondary N) is 1. The van der Waals surface area contributed by atoms with Crippen LogP contribution in [0.3, 0.4) is 0 Å². The predicted molar refractivity (Wildman–Crippen MR) is 113 cm³/mol. The second-order valence-corrected chi connectivity index (χ2v) is 8.11. The average molecular weight is 420 g/mol. The third kappa shape index (κ3) is 3.61. The van der Waals surface area contributed by atoms with Crippen molar-refractivity contribution in [3.63, 3.8) is 0 Å². The van der Waals surface area contributed by atoms with Gasteiger partial charge in [0.25, 0.3) is 5.91 Å². The van der Waals surface area contributed by atoms with Gasteiger partial charge < -0.3 is 14.5 Å². The molecule has 0 radical (unpaired) electrons. The number of fused-ring (bicyclic) bond motifs is 1. The maximum absolute atomic E-state index is 12.4. The van der Waals surface area contributed by atoms with Crippen LogP contribution in [0.15, 0.2) is 36.8 Å². The van der Waals surface area contributed by atoms with Gasteiger partial charge in [-0.05, 0) is 24.1 Å². The largest absolute Gasteiger partial charge is 0.370 e. The summed E-state index contributed by atoms with van der Waals surface area (Å²) in [5.41, 5.74) is 5.63. The third-order valence-electron chi connectivity index (χ3n) is 5.99. The highest BCUT2D eigenvalue weighted by Gasteiger charge is 2.32. The number of carbonyl (C=O) groups excluding carboxylic acids is 2. The summed E-state index contributed by atoms with van der Waals surface area (Å²) < 4.78 is 7.65. The monoisotopic (exact) mass is 420 g/mol. The molecule has 2 aliphatic rings. The highest BCUT2D eigenvalue weighted by molar-refractivity contribution is 5.96. The molecule has 2 aromatic heterocycles. The zero-order valence-electron chi connectivity index (χ0n) is 17.5. The first kappa shape index (κ1) is 19.5. The smallest absolute Gasteiger partial charge is 0.257 e. The standard InChI is InChI=1S/C22H24N6O3/c1-26-10-16(9-24-26)22(30)28-11-18(12-28)31-13-17-8-23-25-21(17)15-3-5-19-14(7-15)4-6-20(29)27(19)2/h3,5,7-10,18H,4,6,11-13H2,1-2H3,(H,23,25). The molecule has 0 unspecified atom stereocenters. The molecule has 2 amide bonds. The maximum Gasteiger partial charge on any atom is 0.257 e. The van der Waals surface area contributed by atoms with Crippen molar-refractivity contribution in [1.82, 2.24) is 24.9 Å². The Morgan fingerprint density at radius 1 is 1.23 bits per heavy atom. The number of aromatic nitrogens is 4. The Kier molecular flexibility index (Phi) is 4.82. The fourth-order valence-corrected chi connectivity index (χ4v) is 4.11. The average Bonchev–Trinajstić information content (AvgIpc) is 3.38. The Labute approximate surface area is 179 Å². The van der Waals surface area contributed by atoms with Crippen molar-refractivity contribution in [2.24, 2.45) is 7.05 Å². The zero-order valence-corrected chi connectivity index (χ0v) is 17.5. The van der Waals surface area contributed by atoms with Crippen LogP contribution in [0.2, 0.25) is 0 Å². The van der Waals surface area contributed by atoms with Gasteiger partial charge in [0.2, 0.25) is 5.91 Å². The quantitative estimate of drug-likeness (QED) is 0.679. The van der Waals surface area contributed by atoms with Gasteiger partial charge in [-0.25, -0.2) is 0 Å². The van der Waals surface area contributed by atoms with Crippen molar-refractivity contribution < 1.29 is 14.3 Å². The molecule has 2 aliphatic heterocycles. The molecule has 0 aliphatic carbocycles. The van der Waals surface area contributed by atoms with Crippen LogP contribution in [0.5, 0.6) is 0 Å². The molecule has 9 nitrogen and oxygen atoms in total. The zero-order chi connectivity index (χ0) is 21.5. The van der Waals surface area contributed by atoms with Crippen LogP contribution in [0, 0.1) is 0 Å². The van der Waals surface area contributed by atoms with E-state index >= 15 is 0 Å². The molecule has 4 heterocycles. The normalized spacial score (nSPS) is 16.4. The van der Waals surface area contributed by atoms with Gasteiger partial charge in [-0.2, -0.15) is 10.2 Å². The number of rotatable bonds is 5. The van der Waals surface area contributed by atoms with Crippen LogP contribution in [-0.2, 0) is 29.6 Å². The minimum Gasteiger partial charge on any atom is -0.370 e. The number of hydrogen-bond acceptors (Lipinski definition) is 5. The van der Waals surface area contributed by atoms with E-state index in [1.807, 2.05) is 19.2 Å². The molecule has 1 saturated heterocycles. The number of hydrogen-bond donors (Lipinski definition) is 1. The van der Waals surface area contributed by atoms with Crippen molar-refractivity contribution in [3.8, 4) is 11.3 Å². The van der Waals surface area contributed by atoms with Crippen molar-refractivity contribution in [3.05, 3.63) is 53.5 Å². The van der Waals surface area contributed by atoms with Gasteiger partial charge in [0.1, 0.15) is 0 Å². The van der Waals surface area contributed by atoms with Crippen LogP contribution in [-0.4, -0.2) is 62.9 Å². The second kappa shape index (κ2) is 7.66. The number of aromatic amines is 1. The number of likely N-dealkylation sites (tertiary alicyclic amines) is 1. The van der Waals surface area contributed by atoms with Gasteiger partial charge in [-0.1, -0.05) is 6.07 Å².